The van der Waals surface area contributed by atoms with Crippen molar-refractivity contribution in [3.05, 3.63) is 62.7 Å². The Bertz CT molecular complexity index is 621. The lowest BCUT2D eigenvalue weighted by molar-refractivity contribution is 0.102. The Labute approximate surface area is 132 Å². The van der Waals surface area contributed by atoms with Crippen LogP contribution in [0.4, 0.5) is 5.69 Å². The van der Waals surface area contributed by atoms with Gasteiger partial charge in [0.25, 0.3) is 5.91 Å². The molecule has 0 aliphatic heterocycles. The highest BCUT2D eigenvalue weighted by Gasteiger charge is 2.09. The lowest BCUT2D eigenvalue weighted by Gasteiger charge is -2.10. The summed E-state index contributed by atoms with van der Waals surface area (Å²) in [5.74, 6) is -0.146. The summed E-state index contributed by atoms with van der Waals surface area (Å²) < 4.78 is 1.08. The van der Waals surface area contributed by atoms with Gasteiger partial charge in [0.2, 0.25) is 0 Å². The largest absolute Gasteiger partial charge is 0.389 e. The van der Waals surface area contributed by atoms with Crippen LogP contribution in [0, 0.1) is 10.5 Å². The molecule has 0 aliphatic rings. The van der Waals surface area contributed by atoms with E-state index in [-0.39, 0.29) is 5.91 Å². The SMILES string of the molecule is Cc1ccc(I)cc1NC(=O)c1ccc(C(C)O)cc1. The minimum atomic E-state index is -0.523. The van der Waals surface area contributed by atoms with Gasteiger partial charge in [-0.1, -0.05) is 18.2 Å². The Kier molecular flexibility index (Phi) is 4.77. The van der Waals surface area contributed by atoms with E-state index in [4.69, 9.17) is 0 Å². The van der Waals surface area contributed by atoms with E-state index in [1.165, 1.54) is 0 Å². The number of halogens is 1. The van der Waals surface area contributed by atoms with Crippen molar-refractivity contribution < 1.29 is 9.90 Å². The molecule has 0 fully saturated rings. The van der Waals surface area contributed by atoms with Gasteiger partial charge in [-0.25, -0.2) is 0 Å². The maximum absolute atomic E-state index is 12.2. The molecule has 1 atom stereocenters. The van der Waals surface area contributed by atoms with Crippen molar-refractivity contribution >= 4 is 34.2 Å². The summed E-state index contributed by atoms with van der Waals surface area (Å²) in [5.41, 5.74) is 3.22. The Morgan fingerprint density at radius 2 is 1.85 bits per heavy atom. The fourth-order valence-corrected chi connectivity index (χ4v) is 2.33. The molecule has 0 heterocycles. The number of carbonyl (C=O) groups is 1. The van der Waals surface area contributed by atoms with Crippen LogP contribution >= 0.6 is 22.6 Å². The molecule has 0 aliphatic carbocycles. The maximum atomic E-state index is 12.2. The molecule has 0 bridgehead atoms. The monoisotopic (exact) mass is 381 g/mol. The first-order valence-electron chi connectivity index (χ1n) is 6.33. The number of carbonyl (C=O) groups excluding carboxylic acids is 1. The number of aliphatic hydroxyl groups is 1. The van der Waals surface area contributed by atoms with Crippen molar-refractivity contribution in [1.29, 1.82) is 0 Å². The molecular formula is C16H16INO2. The molecule has 3 nitrogen and oxygen atoms in total. The highest BCUT2D eigenvalue weighted by Crippen LogP contribution is 2.19. The Balaban J connectivity index is 2.17. The zero-order chi connectivity index (χ0) is 14.7. The van der Waals surface area contributed by atoms with E-state index >= 15 is 0 Å². The maximum Gasteiger partial charge on any atom is 0.255 e. The molecule has 0 saturated carbocycles. The van der Waals surface area contributed by atoms with E-state index in [9.17, 15) is 9.90 Å². The van der Waals surface area contributed by atoms with Crippen LogP contribution in [0.15, 0.2) is 42.5 Å². The van der Waals surface area contributed by atoms with E-state index in [1.807, 2.05) is 25.1 Å². The van der Waals surface area contributed by atoms with Gasteiger partial charge in [0.05, 0.1) is 6.10 Å². The van der Waals surface area contributed by atoms with Gasteiger partial charge in [-0.3, -0.25) is 4.79 Å². The highest BCUT2D eigenvalue weighted by molar-refractivity contribution is 14.1. The number of aliphatic hydroxyl groups excluding tert-OH is 1. The molecule has 0 aromatic heterocycles. The number of aryl methyl sites for hydroxylation is 1. The van der Waals surface area contributed by atoms with Gasteiger partial charge in [-0.2, -0.15) is 0 Å². The summed E-state index contributed by atoms with van der Waals surface area (Å²) in [6, 6.07) is 12.9. The number of anilines is 1. The standard InChI is InChI=1S/C16H16INO2/c1-10-3-8-14(17)9-15(10)18-16(20)13-6-4-12(5-7-13)11(2)19/h3-9,11,19H,1-2H3,(H,18,20). The zero-order valence-electron chi connectivity index (χ0n) is 11.4. The van der Waals surface area contributed by atoms with Crippen LogP contribution in [0.3, 0.4) is 0 Å². The molecular weight excluding hydrogens is 365 g/mol. The molecule has 20 heavy (non-hydrogen) atoms. The van der Waals surface area contributed by atoms with Gasteiger partial charge in [0, 0.05) is 14.8 Å². The summed E-state index contributed by atoms with van der Waals surface area (Å²) in [5, 5.41) is 12.4. The first-order chi connectivity index (χ1) is 9.47. The molecule has 2 N–H and O–H groups in total. The van der Waals surface area contributed by atoms with E-state index in [1.54, 1.807) is 31.2 Å². The van der Waals surface area contributed by atoms with Gasteiger partial charge >= 0.3 is 0 Å². The van der Waals surface area contributed by atoms with Crippen molar-refractivity contribution in [2.75, 3.05) is 5.32 Å². The number of benzene rings is 2. The summed E-state index contributed by atoms with van der Waals surface area (Å²) in [6.45, 7) is 3.66. The van der Waals surface area contributed by atoms with Gasteiger partial charge in [-0.15, -0.1) is 0 Å². The average molecular weight is 381 g/mol. The Morgan fingerprint density at radius 1 is 1.20 bits per heavy atom. The fourth-order valence-electron chi connectivity index (χ4n) is 1.84. The van der Waals surface area contributed by atoms with Crippen molar-refractivity contribution in [3.63, 3.8) is 0 Å². The van der Waals surface area contributed by atoms with Crippen LogP contribution < -0.4 is 5.32 Å². The van der Waals surface area contributed by atoms with E-state index in [0.717, 1.165) is 20.4 Å². The average Bonchev–Trinajstić information content (AvgIpc) is 2.43. The summed E-state index contributed by atoms with van der Waals surface area (Å²) >= 11 is 2.22. The fraction of sp³-hybridized carbons (Fsp3) is 0.188. The third-order valence-corrected chi connectivity index (χ3v) is 3.77. The first-order valence-corrected chi connectivity index (χ1v) is 7.41. The smallest absolute Gasteiger partial charge is 0.255 e. The molecule has 1 amide bonds. The summed E-state index contributed by atoms with van der Waals surface area (Å²) in [4.78, 5) is 12.2. The van der Waals surface area contributed by atoms with E-state index in [0.29, 0.717) is 5.56 Å². The topological polar surface area (TPSA) is 49.3 Å². The molecule has 104 valence electrons. The van der Waals surface area contributed by atoms with Crippen LogP contribution in [0.25, 0.3) is 0 Å². The lowest BCUT2D eigenvalue weighted by atomic mass is 10.1. The van der Waals surface area contributed by atoms with Crippen LogP contribution in [0.2, 0.25) is 0 Å². The van der Waals surface area contributed by atoms with Gasteiger partial charge in [0.1, 0.15) is 0 Å². The van der Waals surface area contributed by atoms with Crippen molar-refractivity contribution in [2.24, 2.45) is 0 Å². The minimum absolute atomic E-state index is 0.146. The molecule has 2 aromatic rings. The Morgan fingerprint density at radius 3 is 2.45 bits per heavy atom. The molecule has 1 unspecified atom stereocenters. The van der Waals surface area contributed by atoms with Crippen LogP contribution in [-0.2, 0) is 0 Å². The second kappa shape index (κ2) is 6.37. The van der Waals surface area contributed by atoms with Gasteiger partial charge < -0.3 is 10.4 Å². The van der Waals surface area contributed by atoms with E-state index in [2.05, 4.69) is 27.9 Å². The predicted molar refractivity (Wildman–Crippen MR) is 88.9 cm³/mol. The molecule has 2 rings (SSSR count). The number of rotatable bonds is 3. The van der Waals surface area contributed by atoms with Gasteiger partial charge in [-0.05, 0) is 71.8 Å². The minimum Gasteiger partial charge on any atom is -0.389 e. The summed E-state index contributed by atoms with van der Waals surface area (Å²) in [7, 11) is 0. The molecule has 0 radical (unpaired) electrons. The van der Waals surface area contributed by atoms with Crippen molar-refractivity contribution in [2.45, 2.75) is 20.0 Å². The van der Waals surface area contributed by atoms with Crippen LogP contribution in [0.5, 0.6) is 0 Å². The van der Waals surface area contributed by atoms with Crippen LogP contribution in [0.1, 0.15) is 34.5 Å². The first kappa shape index (κ1) is 15.0. The van der Waals surface area contributed by atoms with Crippen LogP contribution in [-0.4, -0.2) is 11.0 Å². The second-order valence-corrected chi connectivity index (χ2v) is 5.96. The number of amides is 1. The molecule has 0 spiro atoms. The number of hydrogen-bond donors (Lipinski definition) is 2. The number of nitrogens with one attached hydrogen (secondary N) is 1. The molecule has 2 aromatic carbocycles. The zero-order valence-corrected chi connectivity index (χ0v) is 13.5. The van der Waals surface area contributed by atoms with E-state index < -0.39 is 6.10 Å². The normalized spacial score (nSPS) is 12.0. The Hall–Kier alpha value is -1.40. The quantitative estimate of drug-likeness (QED) is 0.793. The van der Waals surface area contributed by atoms with Crippen molar-refractivity contribution in [1.82, 2.24) is 0 Å². The third-order valence-electron chi connectivity index (χ3n) is 3.10. The lowest BCUT2D eigenvalue weighted by Crippen LogP contribution is -2.13. The summed E-state index contributed by atoms with van der Waals surface area (Å²) in [6.07, 6.45) is -0.523. The predicted octanol–water partition coefficient (Wildman–Crippen LogP) is 3.91. The third kappa shape index (κ3) is 3.58. The van der Waals surface area contributed by atoms with Gasteiger partial charge in [0.15, 0.2) is 0 Å². The van der Waals surface area contributed by atoms with Crippen molar-refractivity contribution in [3.8, 4) is 0 Å². The second-order valence-electron chi connectivity index (χ2n) is 4.71. The number of hydrogen-bond acceptors (Lipinski definition) is 2. The molecule has 4 heteroatoms. The molecule has 0 saturated heterocycles. The highest BCUT2D eigenvalue weighted by atomic mass is 127.